The van der Waals surface area contributed by atoms with Gasteiger partial charge in [-0.1, -0.05) is 59.3 Å². The molecule has 0 amide bonds. The fourth-order valence-electron chi connectivity index (χ4n) is 2.50. The van der Waals surface area contributed by atoms with Gasteiger partial charge in [-0.3, -0.25) is 0 Å². The Kier molecular flexibility index (Phi) is 5.90. The molecule has 0 radical (unpaired) electrons. The van der Waals surface area contributed by atoms with Gasteiger partial charge in [0, 0.05) is 24.2 Å². The van der Waals surface area contributed by atoms with Crippen molar-refractivity contribution in [3.8, 4) is 0 Å². The number of hydrogen-bond acceptors (Lipinski definition) is 6. The van der Waals surface area contributed by atoms with Crippen LogP contribution in [0.3, 0.4) is 0 Å². The standard InChI is InChI=1S/C18H18ClN3O2S2/c1-26(23,24)12-15-5-3-2-4-14(15)11-20-18-22-21-17(25-18)10-13-6-8-16(19)9-7-13/h2-9H,10-12H2,1H3,(H,20,22). The zero-order chi connectivity index (χ0) is 18.6. The molecule has 1 N–H and O–H groups in total. The van der Waals surface area contributed by atoms with Gasteiger partial charge in [-0.2, -0.15) is 0 Å². The van der Waals surface area contributed by atoms with E-state index in [-0.39, 0.29) is 5.75 Å². The zero-order valence-electron chi connectivity index (χ0n) is 14.1. The largest absolute Gasteiger partial charge is 0.356 e. The third kappa shape index (κ3) is 5.52. The SMILES string of the molecule is CS(=O)(=O)Cc1ccccc1CNc1nnc(Cc2ccc(Cl)cc2)s1. The predicted molar refractivity (Wildman–Crippen MR) is 106 cm³/mol. The monoisotopic (exact) mass is 407 g/mol. The molecule has 0 bridgehead atoms. The van der Waals surface area contributed by atoms with E-state index in [4.69, 9.17) is 11.6 Å². The Balaban J connectivity index is 1.64. The average molecular weight is 408 g/mol. The van der Waals surface area contributed by atoms with E-state index < -0.39 is 9.84 Å². The van der Waals surface area contributed by atoms with Crippen molar-refractivity contribution in [2.75, 3.05) is 11.6 Å². The fraction of sp³-hybridized carbons (Fsp3) is 0.222. The molecule has 8 heteroatoms. The minimum Gasteiger partial charge on any atom is -0.356 e. The van der Waals surface area contributed by atoms with Gasteiger partial charge < -0.3 is 5.32 Å². The molecule has 2 aromatic carbocycles. The van der Waals surface area contributed by atoms with Gasteiger partial charge in [-0.15, -0.1) is 10.2 Å². The Hall–Kier alpha value is -1.96. The van der Waals surface area contributed by atoms with Crippen molar-refractivity contribution in [1.82, 2.24) is 10.2 Å². The minimum atomic E-state index is -3.08. The molecule has 3 aromatic rings. The number of nitrogens with one attached hydrogen (secondary N) is 1. The zero-order valence-corrected chi connectivity index (χ0v) is 16.5. The first-order chi connectivity index (χ1) is 12.4. The van der Waals surface area contributed by atoms with Crippen LogP contribution in [0.5, 0.6) is 0 Å². The van der Waals surface area contributed by atoms with Crippen molar-refractivity contribution in [1.29, 1.82) is 0 Å². The number of nitrogens with zero attached hydrogens (tertiary/aromatic N) is 2. The molecule has 136 valence electrons. The molecule has 0 unspecified atom stereocenters. The van der Waals surface area contributed by atoms with Crippen LogP contribution in [0.4, 0.5) is 5.13 Å². The molecule has 0 spiro atoms. The summed E-state index contributed by atoms with van der Waals surface area (Å²) in [4.78, 5) is 0. The second-order valence-electron chi connectivity index (χ2n) is 6.00. The lowest BCUT2D eigenvalue weighted by Crippen LogP contribution is -2.07. The molecule has 26 heavy (non-hydrogen) atoms. The van der Waals surface area contributed by atoms with Crippen LogP contribution < -0.4 is 5.32 Å². The Morgan fingerprint density at radius 1 is 1.04 bits per heavy atom. The lowest BCUT2D eigenvalue weighted by atomic mass is 10.1. The smallest absolute Gasteiger partial charge is 0.205 e. The second kappa shape index (κ2) is 8.16. The summed E-state index contributed by atoms with van der Waals surface area (Å²) in [6, 6.07) is 15.2. The van der Waals surface area contributed by atoms with Crippen LogP contribution in [0.1, 0.15) is 21.7 Å². The van der Waals surface area contributed by atoms with Crippen LogP contribution in [-0.2, 0) is 28.6 Å². The molecule has 0 atom stereocenters. The number of halogens is 1. The first-order valence-electron chi connectivity index (χ1n) is 7.94. The van der Waals surface area contributed by atoms with Crippen LogP contribution in [0.25, 0.3) is 0 Å². The molecular weight excluding hydrogens is 390 g/mol. The molecule has 1 aromatic heterocycles. The molecule has 0 aliphatic heterocycles. The first kappa shape index (κ1) is 18.8. The van der Waals surface area contributed by atoms with Gasteiger partial charge in [0.25, 0.3) is 0 Å². The van der Waals surface area contributed by atoms with Gasteiger partial charge in [0.15, 0.2) is 9.84 Å². The summed E-state index contributed by atoms with van der Waals surface area (Å²) in [5.41, 5.74) is 2.86. The van der Waals surface area contributed by atoms with E-state index in [9.17, 15) is 8.42 Å². The van der Waals surface area contributed by atoms with E-state index in [1.165, 1.54) is 17.6 Å². The summed E-state index contributed by atoms with van der Waals surface area (Å²) < 4.78 is 23.2. The third-order valence-corrected chi connectivity index (χ3v) is 5.67. The summed E-state index contributed by atoms with van der Waals surface area (Å²) in [5.74, 6) is 0.0305. The quantitative estimate of drug-likeness (QED) is 0.642. The number of sulfone groups is 1. The van der Waals surface area contributed by atoms with Crippen molar-refractivity contribution in [2.45, 2.75) is 18.7 Å². The minimum absolute atomic E-state index is 0.0305. The molecule has 0 saturated carbocycles. The number of rotatable bonds is 7. The van der Waals surface area contributed by atoms with E-state index in [0.29, 0.717) is 23.1 Å². The van der Waals surface area contributed by atoms with E-state index >= 15 is 0 Å². The molecule has 0 aliphatic carbocycles. The maximum atomic E-state index is 11.6. The van der Waals surface area contributed by atoms with Gasteiger partial charge >= 0.3 is 0 Å². The fourth-order valence-corrected chi connectivity index (χ4v) is 4.24. The Morgan fingerprint density at radius 3 is 2.42 bits per heavy atom. The normalized spacial score (nSPS) is 11.5. The van der Waals surface area contributed by atoms with Crippen molar-refractivity contribution in [3.63, 3.8) is 0 Å². The Bertz CT molecular complexity index is 986. The molecule has 3 rings (SSSR count). The molecule has 0 fully saturated rings. The second-order valence-corrected chi connectivity index (χ2v) is 9.64. The van der Waals surface area contributed by atoms with E-state index in [1.54, 1.807) is 0 Å². The van der Waals surface area contributed by atoms with E-state index in [2.05, 4.69) is 15.5 Å². The van der Waals surface area contributed by atoms with Gasteiger partial charge in [0.2, 0.25) is 5.13 Å². The summed E-state index contributed by atoms with van der Waals surface area (Å²) in [7, 11) is -3.08. The lowest BCUT2D eigenvalue weighted by Gasteiger charge is -2.08. The van der Waals surface area contributed by atoms with E-state index in [1.807, 2.05) is 48.5 Å². The number of hydrogen-bond donors (Lipinski definition) is 1. The molecule has 0 aliphatic rings. The van der Waals surface area contributed by atoms with Gasteiger partial charge in [-0.05, 0) is 28.8 Å². The van der Waals surface area contributed by atoms with Crippen LogP contribution >= 0.6 is 22.9 Å². The van der Waals surface area contributed by atoms with Gasteiger partial charge in [0.1, 0.15) is 5.01 Å². The van der Waals surface area contributed by atoms with Crippen LogP contribution in [0.15, 0.2) is 48.5 Å². The van der Waals surface area contributed by atoms with E-state index in [0.717, 1.165) is 21.7 Å². The summed E-state index contributed by atoms with van der Waals surface area (Å²) in [6.45, 7) is 0.501. The Labute approximate surface area is 162 Å². The van der Waals surface area contributed by atoms with Gasteiger partial charge in [-0.25, -0.2) is 8.42 Å². The number of anilines is 1. The highest BCUT2D eigenvalue weighted by atomic mass is 35.5. The molecule has 5 nitrogen and oxygen atoms in total. The summed E-state index contributed by atoms with van der Waals surface area (Å²) in [5, 5.41) is 13.9. The molecular formula is C18H18ClN3O2S2. The number of aromatic nitrogens is 2. The topological polar surface area (TPSA) is 72.0 Å². The highest BCUT2D eigenvalue weighted by Crippen LogP contribution is 2.21. The maximum absolute atomic E-state index is 11.6. The summed E-state index contributed by atoms with van der Waals surface area (Å²) in [6.07, 6.45) is 1.94. The number of benzene rings is 2. The lowest BCUT2D eigenvalue weighted by molar-refractivity contribution is 0.601. The highest BCUT2D eigenvalue weighted by Gasteiger charge is 2.10. The van der Waals surface area contributed by atoms with Crippen molar-refractivity contribution in [3.05, 3.63) is 75.3 Å². The highest BCUT2D eigenvalue weighted by molar-refractivity contribution is 7.89. The van der Waals surface area contributed by atoms with Crippen molar-refractivity contribution >= 4 is 37.9 Å². The third-order valence-electron chi connectivity index (χ3n) is 3.70. The Morgan fingerprint density at radius 2 is 1.73 bits per heavy atom. The average Bonchev–Trinajstić information content (AvgIpc) is 3.02. The van der Waals surface area contributed by atoms with Gasteiger partial charge in [0.05, 0.1) is 5.75 Å². The van der Waals surface area contributed by atoms with Crippen LogP contribution in [0, 0.1) is 0 Å². The van der Waals surface area contributed by atoms with Crippen molar-refractivity contribution in [2.24, 2.45) is 0 Å². The molecule has 0 saturated heterocycles. The molecule has 1 heterocycles. The maximum Gasteiger partial charge on any atom is 0.205 e. The van der Waals surface area contributed by atoms with Crippen LogP contribution in [0.2, 0.25) is 5.02 Å². The summed E-state index contributed by atoms with van der Waals surface area (Å²) >= 11 is 7.38. The predicted octanol–water partition coefficient (Wildman–Crippen LogP) is 3.94. The van der Waals surface area contributed by atoms with Crippen LogP contribution in [-0.4, -0.2) is 24.9 Å². The van der Waals surface area contributed by atoms with Crippen molar-refractivity contribution < 1.29 is 8.42 Å². The first-order valence-corrected chi connectivity index (χ1v) is 11.2.